The van der Waals surface area contributed by atoms with Gasteiger partial charge in [-0.15, -0.1) is 0 Å². The summed E-state index contributed by atoms with van der Waals surface area (Å²) in [4.78, 5) is 13.9. The first kappa shape index (κ1) is 15.3. The standard InChI is InChI=1S/C16H16ClFN2O/c1-10(12-5-3-4-6-14(12)17)20(2)16(21)13-8-7-11(19)9-15(13)18/h3-10H,19H2,1-2H3. The third-order valence-corrected chi connectivity index (χ3v) is 3.82. The fraction of sp³-hybridized carbons (Fsp3) is 0.188. The van der Waals surface area contributed by atoms with Gasteiger partial charge < -0.3 is 10.6 Å². The lowest BCUT2D eigenvalue weighted by Gasteiger charge is -2.26. The van der Waals surface area contributed by atoms with Crippen LogP contribution in [0, 0.1) is 5.82 Å². The number of anilines is 1. The molecule has 110 valence electrons. The fourth-order valence-electron chi connectivity index (χ4n) is 2.09. The van der Waals surface area contributed by atoms with Gasteiger partial charge in [-0.25, -0.2) is 4.39 Å². The molecule has 0 aromatic heterocycles. The molecule has 21 heavy (non-hydrogen) atoms. The number of carbonyl (C=O) groups excluding carboxylic acids is 1. The van der Waals surface area contributed by atoms with Gasteiger partial charge in [-0.1, -0.05) is 29.8 Å². The Morgan fingerprint density at radius 2 is 1.95 bits per heavy atom. The highest BCUT2D eigenvalue weighted by atomic mass is 35.5. The summed E-state index contributed by atoms with van der Waals surface area (Å²) < 4.78 is 13.9. The predicted octanol–water partition coefficient (Wildman–Crippen LogP) is 3.89. The molecule has 0 bridgehead atoms. The number of nitrogens with zero attached hydrogens (tertiary/aromatic N) is 1. The smallest absolute Gasteiger partial charge is 0.257 e. The van der Waals surface area contributed by atoms with E-state index in [1.165, 1.54) is 17.0 Å². The maximum Gasteiger partial charge on any atom is 0.257 e. The van der Waals surface area contributed by atoms with Crippen LogP contribution in [-0.2, 0) is 0 Å². The fourth-order valence-corrected chi connectivity index (χ4v) is 2.39. The van der Waals surface area contributed by atoms with E-state index in [2.05, 4.69) is 0 Å². The van der Waals surface area contributed by atoms with Crippen molar-refractivity contribution in [2.75, 3.05) is 12.8 Å². The molecule has 0 saturated heterocycles. The van der Waals surface area contributed by atoms with Gasteiger partial charge in [0, 0.05) is 17.8 Å². The molecule has 3 nitrogen and oxygen atoms in total. The number of carbonyl (C=O) groups is 1. The van der Waals surface area contributed by atoms with Gasteiger partial charge in [0.05, 0.1) is 11.6 Å². The lowest BCUT2D eigenvalue weighted by molar-refractivity contribution is 0.0738. The Balaban J connectivity index is 2.29. The molecule has 0 aliphatic heterocycles. The lowest BCUT2D eigenvalue weighted by Crippen LogP contribution is -2.30. The zero-order chi connectivity index (χ0) is 15.6. The zero-order valence-electron chi connectivity index (χ0n) is 11.8. The highest BCUT2D eigenvalue weighted by Crippen LogP contribution is 2.27. The van der Waals surface area contributed by atoms with Crippen LogP contribution in [0.25, 0.3) is 0 Å². The van der Waals surface area contributed by atoms with E-state index >= 15 is 0 Å². The molecule has 0 fully saturated rings. The minimum Gasteiger partial charge on any atom is -0.399 e. The number of nitrogen functional groups attached to an aromatic ring is 1. The first-order chi connectivity index (χ1) is 9.91. The largest absolute Gasteiger partial charge is 0.399 e. The molecule has 1 amide bonds. The van der Waals surface area contributed by atoms with E-state index in [-0.39, 0.29) is 17.3 Å². The van der Waals surface area contributed by atoms with Gasteiger partial charge in [-0.05, 0) is 36.8 Å². The van der Waals surface area contributed by atoms with Crippen LogP contribution >= 0.6 is 11.6 Å². The summed E-state index contributed by atoms with van der Waals surface area (Å²) in [6.45, 7) is 1.84. The van der Waals surface area contributed by atoms with E-state index in [9.17, 15) is 9.18 Å². The van der Waals surface area contributed by atoms with Crippen LogP contribution in [0.1, 0.15) is 28.9 Å². The Kier molecular flexibility index (Phi) is 4.48. The van der Waals surface area contributed by atoms with Crippen LogP contribution in [-0.4, -0.2) is 17.9 Å². The third-order valence-electron chi connectivity index (χ3n) is 3.48. The van der Waals surface area contributed by atoms with Crippen molar-refractivity contribution in [3.63, 3.8) is 0 Å². The number of amides is 1. The van der Waals surface area contributed by atoms with Gasteiger partial charge in [0.2, 0.25) is 0 Å². The molecule has 0 aliphatic carbocycles. The summed E-state index contributed by atoms with van der Waals surface area (Å²) in [6.07, 6.45) is 0. The molecule has 2 aromatic rings. The SMILES string of the molecule is CC(c1ccccc1Cl)N(C)C(=O)c1ccc(N)cc1F. The highest BCUT2D eigenvalue weighted by Gasteiger charge is 2.22. The zero-order valence-corrected chi connectivity index (χ0v) is 12.6. The molecule has 2 N–H and O–H groups in total. The number of benzene rings is 2. The maximum absolute atomic E-state index is 13.9. The van der Waals surface area contributed by atoms with Crippen LogP contribution in [0.5, 0.6) is 0 Å². The molecule has 2 aromatic carbocycles. The average molecular weight is 307 g/mol. The monoisotopic (exact) mass is 306 g/mol. The molecular weight excluding hydrogens is 291 g/mol. The van der Waals surface area contributed by atoms with E-state index < -0.39 is 11.7 Å². The second kappa shape index (κ2) is 6.14. The summed E-state index contributed by atoms with van der Waals surface area (Å²) in [7, 11) is 1.62. The Morgan fingerprint density at radius 1 is 1.29 bits per heavy atom. The first-order valence-electron chi connectivity index (χ1n) is 6.48. The van der Waals surface area contributed by atoms with Gasteiger partial charge in [-0.2, -0.15) is 0 Å². The molecule has 0 saturated carbocycles. The van der Waals surface area contributed by atoms with E-state index in [1.807, 2.05) is 25.1 Å². The van der Waals surface area contributed by atoms with Gasteiger partial charge in [0.15, 0.2) is 0 Å². The average Bonchev–Trinajstić information content (AvgIpc) is 2.45. The predicted molar refractivity (Wildman–Crippen MR) is 82.8 cm³/mol. The first-order valence-corrected chi connectivity index (χ1v) is 6.86. The molecule has 0 spiro atoms. The number of hydrogen-bond acceptors (Lipinski definition) is 2. The summed E-state index contributed by atoms with van der Waals surface area (Å²) in [5, 5.41) is 0.572. The number of rotatable bonds is 3. The minimum atomic E-state index is -0.627. The van der Waals surface area contributed by atoms with E-state index in [0.717, 1.165) is 11.6 Å². The van der Waals surface area contributed by atoms with Crippen LogP contribution in [0.2, 0.25) is 5.02 Å². The van der Waals surface area contributed by atoms with Crippen molar-refractivity contribution in [3.05, 3.63) is 64.4 Å². The summed E-state index contributed by atoms with van der Waals surface area (Å²) >= 11 is 6.14. The molecule has 1 atom stereocenters. The van der Waals surface area contributed by atoms with Crippen molar-refractivity contribution in [2.24, 2.45) is 0 Å². The lowest BCUT2D eigenvalue weighted by atomic mass is 10.1. The van der Waals surface area contributed by atoms with Crippen LogP contribution in [0.3, 0.4) is 0 Å². The van der Waals surface area contributed by atoms with Crippen molar-refractivity contribution in [2.45, 2.75) is 13.0 Å². The summed E-state index contributed by atoms with van der Waals surface area (Å²) in [6, 6.07) is 11.0. The van der Waals surface area contributed by atoms with Crippen LogP contribution in [0.15, 0.2) is 42.5 Å². The van der Waals surface area contributed by atoms with Crippen molar-refractivity contribution >= 4 is 23.2 Å². The second-order valence-corrected chi connectivity index (χ2v) is 5.26. The molecule has 0 radical (unpaired) electrons. The van der Waals surface area contributed by atoms with E-state index in [4.69, 9.17) is 17.3 Å². The molecule has 5 heteroatoms. The van der Waals surface area contributed by atoms with Gasteiger partial charge in [0.25, 0.3) is 5.91 Å². The van der Waals surface area contributed by atoms with Gasteiger partial charge >= 0.3 is 0 Å². The maximum atomic E-state index is 13.9. The van der Waals surface area contributed by atoms with Crippen molar-refractivity contribution < 1.29 is 9.18 Å². The number of nitrogens with two attached hydrogens (primary N) is 1. The summed E-state index contributed by atoms with van der Waals surface area (Å²) in [5.74, 6) is -1.04. The van der Waals surface area contributed by atoms with Gasteiger partial charge in [-0.3, -0.25) is 4.79 Å². The molecule has 0 heterocycles. The second-order valence-electron chi connectivity index (χ2n) is 4.85. The molecular formula is C16H16ClFN2O. The van der Waals surface area contributed by atoms with Gasteiger partial charge in [0.1, 0.15) is 5.82 Å². The number of halogens is 2. The van der Waals surface area contributed by atoms with Crippen molar-refractivity contribution in [3.8, 4) is 0 Å². The van der Waals surface area contributed by atoms with Crippen LogP contribution in [0.4, 0.5) is 10.1 Å². The van der Waals surface area contributed by atoms with Crippen LogP contribution < -0.4 is 5.73 Å². The molecule has 0 aliphatic rings. The van der Waals surface area contributed by atoms with E-state index in [0.29, 0.717) is 5.02 Å². The minimum absolute atomic E-state index is 0.00870. The Bertz CT molecular complexity index is 675. The summed E-state index contributed by atoms with van der Waals surface area (Å²) in [5.41, 5.74) is 6.58. The molecule has 2 rings (SSSR count). The van der Waals surface area contributed by atoms with Crippen molar-refractivity contribution in [1.82, 2.24) is 4.90 Å². The molecule has 1 unspecified atom stereocenters. The quantitative estimate of drug-likeness (QED) is 0.874. The van der Waals surface area contributed by atoms with Crippen molar-refractivity contribution in [1.29, 1.82) is 0 Å². The van der Waals surface area contributed by atoms with E-state index in [1.54, 1.807) is 13.1 Å². The Labute approximate surface area is 128 Å². The Morgan fingerprint density at radius 3 is 2.57 bits per heavy atom. The number of hydrogen-bond donors (Lipinski definition) is 1. The normalized spacial score (nSPS) is 12.0. The highest BCUT2D eigenvalue weighted by molar-refractivity contribution is 6.31. The topological polar surface area (TPSA) is 46.3 Å². The Hall–Kier alpha value is -2.07. The third kappa shape index (κ3) is 3.16.